The predicted octanol–water partition coefficient (Wildman–Crippen LogP) is 1.89. The molecule has 1 unspecified atom stereocenters. The fraction of sp³-hybridized carbons (Fsp3) is 0.222. The molecule has 124 valence electrons. The van der Waals surface area contributed by atoms with E-state index in [-0.39, 0.29) is 24.2 Å². The Kier molecular flexibility index (Phi) is 4.77. The Morgan fingerprint density at radius 1 is 1.21 bits per heavy atom. The molecule has 1 atom stereocenters. The van der Waals surface area contributed by atoms with Crippen LogP contribution in [-0.4, -0.2) is 34.6 Å². The third kappa shape index (κ3) is 3.72. The van der Waals surface area contributed by atoms with Gasteiger partial charge in [-0.2, -0.15) is 0 Å². The normalized spacial score (nSPS) is 12.2. The summed E-state index contributed by atoms with van der Waals surface area (Å²) in [7, 11) is 1.73. The lowest BCUT2D eigenvalue weighted by Crippen LogP contribution is -2.36. The van der Waals surface area contributed by atoms with E-state index in [4.69, 9.17) is 0 Å². The second kappa shape index (κ2) is 7.14. The largest absolute Gasteiger partial charge is 0.508 e. The number of imidazole rings is 1. The third-order valence-corrected chi connectivity index (χ3v) is 3.79. The number of aromatic hydroxyl groups is 1. The number of H-pyrrole nitrogens is 1. The van der Waals surface area contributed by atoms with Gasteiger partial charge in [-0.05, 0) is 43.3 Å². The molecule has 1 heterocycles. The number of carbonyl (C=O) groups is 1. The van der Waals surface area contributed by atoms with E-state index in [2.05, 4.69) is 20.6 Å². The minimum atomic E-state index is -0.275. The second-order valence-corrected chi connectivity index (χ2v) is 5.66. The zero-order valence-electron chi connectivity index (χ0n) is 13.4. The summed E-state index contributed by atoms with van der Waals surface area (Å²) in [6, 6.07) is 14.5. The van der Waals surface area contributed by atoms with E-state index in [1.165, 1.54) is 0 Å². The van der Waals surface area contributed by atoms with E-state index in [1.54, 1.807) is 19.2 Å². The van der Waals surface area contributed by atoms with Crippen molar-refractivity contribution in [1.82, 2.24) is 20.6 Å². The van der Waals surface area contributed by atoms with Crippen LogP contribution in [0.4, 0.5) is 0 Å². The molecule has 3 aromatic rings. The summed E-state index contributed by atoms with van der Waals surface area (Å²) < 4.78 is 0. The fourth-order valence-electron chi connectivity index (χ4n) is 2.63. The topological polar surface area (TPSA) is 90.0 Å². The number of hydrogen-bond acceptors (Lipinski definition) is 4. The molecule has 1 aromatic heterocycles. The Balaban J connectivity index is 1.88. The Bertz CT molecular complexity index is 793. The van der Waals surface area contributed by atoms with Crippen LogP contribution in [0.15, 0.2) is 48.5 Å². The lowest BCUT2D eigenvalue weighted by atomic mass is 10.1. The summed E-state index contributed by atoms with van der Waals surface area (Å²) >= 11 is 0. The minimum absolute atomic E-state index is 0.0956. The number of nitrogens with zero attached hydrogens (tertiary/aromatic N) is 1. The lowest BCUT2D eigenvalue weighted by Gasteiger charge is -2.17. The van der Waals surface area contributed by atoms with Gasteiger partial charge in [0.15, 0.2) is 0 Å². The summed E-state index contributed by atoms with van der Waals surface area (Å²) in [5, 5.41) is 15.3. The second-order valence-electron chi connectivity index (χ2n) is 5.66. The van der Waals surface area contributed by atoms with Gasteiger partial charge in [0.05, 0.1) is 23.6 Å². The van der Waals surface area contributed by atoms with Gasteiger partial charge in [-0.1, -0.05) is 24.3 Å². The number of amides is 1. The quantitative estimate of drug-likeness (QED) is 0.557. The molecule has 0 aliphatic rings. The lowest BCUT2D eigenvalue weighted by molar-refractivity contribution is -0.120. The first-order valence-corrected chi connectivity index (χ1v) is 7.82. The number of rotatable bonds is 6. The molecular formula is C18H20N4O2. The molecule has 0 aliphatic carbocycles. The molecular weight excluding hydrogens is 304 g/mol. The zero-order chi connectivity index (χ0) is 16.9. The van der Waals surface area contributed by atoms with Crippen molar-refractivity contribution in [2.45, 2.75) is 12.5 Å². The van der Waals surface area contributed by atoms with E-state index in [0.29, 0.717) is 12.2 Å². The van der Waals surface area contributed by atoms with E-state index in [9.17, 15) is 9.90 Å². The maximum Gasteiger partial charge on any atom is 0.234 e. The molecule has 0 fully saturated rings. The van der Waals surface area contributed by atoms with Crippen molar-refractivity contribution in [3.63, 3.8) is 0 Å². The Labute approximate surface area is 139 Å². The summed E-state index contributed by atoms with van der Waals surface area (Å²) in [6.45, 7) is 0.242. The maximum absolute atomic E-state index is 12.0. The molecule has 0 bridgehead atoms. The molecule has 0 spiro atoms. The monoisotopic (exact) mass is 324 g/mol. The molecule has 0 saturated carbocycles. The number of hydrogen-bond donors (Lipinski definition) is 4. The van der Waals surface area contributed by atoms with Crippen molar-refractivity contribution < 1.29 is 9.90 Å². The van der Waals surface area contributed by atoms with Gasteiger partial charge in [0.2, 0.25) is 5.91 Å². The van der Waals surface area contributed by atoms with Gasteiger partial charge in [-0.25, -0.2) is 4.98 Å². The predicted molar refractivity (Wildman–Crippen MR) is 92.7 cm³/mol. The first kappa shape index (κ1) is 16.0. The first-order valence-electron chi connectivity index (χ1n) is 7.82. The van der Waals surface area contributed by atoms with Gasteiger partial charge in [0.25, 0.3) is 0 Å². The highest BCUT2D eigenvalue weighted by atomic mass is 16.3. The summed E-state index contributed by atoms with van der Waals surface area (Å²) in [4.78, 5) is 19.9. The minimum Gasteiger partial charge on any atom is -0.508 e. The van der Waals surface area contributed by atoms with Crippen LogP contribution in [0.1, 0.15) is 17.4 Å². The number of nitrogens with one attached hydrogen (secondary N) is 3. The molecule has 0 radical (unpaired) electrons. The number of likely N-dealkylation sites (N-methyl/N-ethyl adjacent to an activating group) is 1. The summed E-state index contributed by atoms with van der Waals surface area (Å²) in [6.07, 6.45) is 0.579. The highest BCUT2D eigenvalue weighted by molar-refractivity contribution is 5.79. The number of fused-ring (bicyclic) bond motifs is 1. The van der Waals surface area contributed by atoms with Gasteiger partial charge in [0, 0.05) is 0 Å². The van der Waals surface area contributed by atoms with Gasteiger partial charge in [-0.15, -0.1) is 0 Å². The highest BCUT2D eigenvalue weighted by Crippen LogP contribution is 2.21. The van der Waals surface area contributed by atoms with Crippen molar-refractivity contribution in [2.24, 2.45) is 0 Å². The molecule has 1 amide bonds. The first-order chi connectivity index (χ1) is 11.7. The van der Waals surface area contributed by atoms with Gasteiger partial charge in [-0.3, -0.25) is 4.79 Å². The van der Waals surface area contributed by atoms with E-state index in [0.717, 1.165) is 16.6 Å². The number of aromatic nitrogens is 2. The molecule has 4 N–H and O–H groups in total. The van der Waals surface area contributed by atoms with Gasteiger partial charge < -0.3 is 20.7 Å². The molecule has 3 rings (SSSR count). The average molecular weight is 324 g/mol. The SMILES string of the molecule is CNCC(=O)NC(Cc1ccc(O)cc1)c1nc2ccccc2[nH]1. The molecule has 6 heteroatoms. The van der Waals surface area contributed by atoms with Crippen LogP contribution in [0.25, 0.3) is 11.0 Å². The number of carbonyl (C=O) groups excluding carboxylic acids is 1. The third-order valence-electron chi connectivity index (χ3n) is 3.79. The van der Waals surface area contributed by atoms with Crippen LogP contribution in [0.2, 0.25) is 0 Å². The Hall–Kier alpha value is -2.86. The van der Waals surface area contributed by atoms with Crippen molar-refractivity contribution in [2.75, 3.05) is 13.6 Å². The summed E-state index contributed by atoms with van der Waals surface area (Å²) in [5.74, 6) is 0.841. The average Bonchev–Trinajstić information content (AvgIpc) is 3.00. The number of aromatic amines is 1. The molecule has 0 saturated heterocycles. The van der Waals surface area contributed by atoms with Crippen LogP contribution in [0, 0.1) is 0 Å². The van der Waals surface area contributed by atoms with E-state index < -0.39 is 0 Å². The smallest absolute Gasteiger partial charge is 0.234 e. The summed E-state index contributed by atoms with van der Waals surface area (Å²) in [5.41, 5.74) is 2.81. The van der Waals surface area contributed by atoms with Crippen molar-refractivity contribution in [3.8, 4) is 5.75 Å². The van der Waals surface area contributed by atoms with Gasteiger partial charge in [0.1, 0.15) is 11.6 Å². The standard InChI is InChI=1S/C18H20N4O2/c1-19-11-17(24)20-16(10-12-6-8-13(23)9-7-12)18-21-14-4-2-3-5-15(14)22-18/h2-9,16,19,23H,10-11H2,1H3,(H,20,24)(H,21,22). The van der Waals surface area contributed by atoms with Crippen molar-refractivity contribution in [3.05, 3.63) is 59.9 Å². The van der Waals surface area contributed by atoms with Crippen LogP contribution in [0.5, 0.6) is 5.75 Å². The van der Waals surface area contributed by atoms with Crippen molar-refractivity contribution >= 4 is 16.9 Å². The number of benzene rings is 2. The van der Waals surface area contributed by atoms with Crippen LogP contribution in [0.3, 0.4) is 0 Å². The Morgan fingerprint density at radius 2 is 1.96 bits per heavy atom. The van der Waals surface area contributed by atoms with E-state index in [1.807, 2.05) is 36.4 Å². The molecule has 2 aromatic carbocycles. The van der Waals surface area contributed by atoms with Gasteiger partial charge >= 0.3 is 0 Å². The number of phenols is 1. The van der Waals surface area contributed by atoms with Crippen molar-refractivity contribution in [1.29, 1.82) is 0 Å². The van der Waals surface area contributed by atoms with Crippen LogP contribution in [-0.2, 0) is 11.2 Å². The number of para-hydroxylation sites is 2. The van der Waals surface area contributed by atoms with E-state index >= 15 is 0 Å². The Morgan fingerprint density at radius 3 is 2.67 bits per heavy atom. The maximum atomic E-state index is 12.0. The number of phenolic OH excluding ortho intramolecular Hbond substituents is 1. The zero-order valence-corrected chi connectivity index (χ0v) is 13.4. The molecule has 6 nitrogen and oxygen atoms in total. The van der Waals surface area contributed by atoms with Crippen LogP contribution >= 0.6 is 0 Å². The molecule has 24 heavy (non-hydrogen) atoms. The highest BCUT2D eigenvalue weighted by Gasteiger charge is 2.18. The fourth-order valence-corrected chi connectivity index (χ4v) is 2.63. The van der Waals surface area contributed by atoms with Crippen LogP contribution < -0.4 is 10.6 Å². The molecule has 0 aliphatic heterocycles.